The van der Waals surface area contributed by atoms with Crippen molar-refractivity contribution in [1.29, 1.82) is 0 Å². The lowest BCUT2D eigenvalue weighted by atomic mass is 9.84. The predicted octanol–water partition coefficient (Wildman–Crippen LogP) is 1.88. The average molecular weight is 295 g/mol. The highest BCUT2D eigenvalue weighted by atomic mass is 16.2. The van der Waals surface area contributed by atoms with Crippen LogP contribution in [0, 0.1) is 0 Å². The zero-order chi connectivity index (χ0) is 15.0. The predicted molar refractivity (Wildman–Crippen MR) is 84.9 cm³/mol. The zero-order valence-corrected chi connectivity index (χ0v) is 12.1. The van der Waals surface area contributed by atoms with Gasteiger partial charge in [-0.25, -0.2) is 0 Å². The summed E-state index contributed by atoms with van der Waals surface area (Å²) in [5, 5.41) is 14.6. The minimum absolute atomic E-state index is 0.0602. The maximum absolute atomic E-state index is 12.6. The Kier molecular flexibility index (Phi) is 2.96. The van der Waals surface area contributed by atoms with E-state index in [9.17, 15) is 4.79 Å². The molecule has 1 spiro atoms. The molecule has 112 valence electrons. The first-order valence-corrected chi connectivity index (χ1v) is 7.48. The minimum atomic E-state index is -0.521. The molecular formula is C16H17N5O. The van der Waals surface area contributed by atoms with Crippen molar-refractivity contribution in [2.75, 3.05) is 28.6 Å². The monoisotopic (exact) mass is 295 g/mol. The van der Waals surface area contributed by atoms with Gasteiger partial charge in [0.1, 0.15) is 5.54 Å². The van der Waals surface area contributed by atoms with Crippen molar-refractivity contribution in [3.63, 3.8) is 0 Å². The Balaban J connectivity index is 1.54. The molecule has 1 amide bonds. The fourth-order valence-corrected chi connectivity index (χ4v) is 3.19. The van der Waals surface area contributed by atoms with Gasteiger partial charge < -0.3 is 15.5 Å². The van der Waals surface area contributed by atoms with Crippen molar-refractivity contribution in [1.82, 2.24) is 10.2 Å². The molecule has 3 heterocycles. The minimum Gasteiger partial charge on any atom is -0.369 e. The van der Waals surface area contributed by atoms with Crippen molar-refractivity contribution < 1.29 is 4.79 Å². The van der Waals surface area contributed by atoms with Gasteiger partial charge in [-0.2, -0.15) is 5.10 Å². The number of benzene rings is 1. The van der Waals surface area contributed by atoms with E-state index in [2.05, 4.69) is 25.7 Å². The summed E-state index contributed by atoms with van der Waals surface area (Å²) in [7, 11) is 0. The van der Waals surface area contributed by atoms with Gasteiger partial charge in [0.25, 0.3) is 0 Å². The quantitative estimate of drug-likeness (QED) is 0.840. The Morgan fingerprint density at radius 1 is 1.05 bits per heavy atom. The van der Waals surface area contributed by atoms with Crippen LogP contribution in [0.5, 0.6) is 0 Å². The molecule has 0 atom stereocenters. The van der Waals surface area contributed by atoms with Gasteiger partial charge in [0.15, 0.2) is 5.82 Å². The number of rotatable bonds is 1. The number of fused-ring (bicyclic) bond motifs is 1. The number of anilines is 3. The fourth-order valence-electron chi connectivity index (χ4n) is 3.19. The highest BCUT2D eigenvalue weighted by Crippen LogP contribution is 2.36. The average Bonchev–Trinajstić information content (AvgIpc) is 2.57. The number of carbonyl (C=O) groups excluding carboxylic acids is 1. The van der Waals surface area contributed by atoms with Crippen LogP contribution in [0.1, 0.15) is 12.8 Å². The lowest BCUT2D eigenvalue weighted by Crippen LogP contribution is -2.58. The Labute approximate surface area is 128 Å². The van der Waals surface area contributed by atoms with E-state index in [4.69, 9.17) is 0 Å². The van der Waals surface area contributed by atoms with Gasteiger partial charge in [0, 0.05) is 19.3 Å². The molecule has 2 aliphatic rings. The Morgan fingerprint density at radius 2 is 1.82 bits per heavy atom. The Hall–Kier alpha value is -2.63. The van der Waals surface area contributed by atoms with E-state index in [0.29, 0.717) is 0 Å². The lowest BCUT2D eigenvalue weighted by molar-refractivity contribution is -0.121. The fraction of sp³-hybridized carbons (Fsp3) is 0.312. The summed E-state index contributed by atoms with van der Waals surface area (Å²) in [6.45, 7) is 1.56. The lowest BCUT2D eigenvalue weighted by Gasteiger charge is -2.44. The number of nitrogens with zero attached hydrogens (tertiary/aromatic N) is 3. The van der Waals surface area contributed by atoms with Crippen molar-refractivity contribution >= 4 is 23.1 Å². The molecule has 4 rings (SSSR count). The number of nitrogens with one attached hydrogen (secondary N) is 2. The second kappa shape index (κ2) is 4.98. The maximum Gasteiger partial charge on any atom is 0.250 e. The van der Waals surface area contributed by atoms with Crippen LogP contribution in [0.4, 0.5) is 17.2 Å². The molecule has 0 radical (unpaired) electrons. The number of aromatic nitrogens is 2. The summed E-state index contributed by atoms with van der Waals surface area (Å²) in [6, 6.07) is 11.7. The van der Waals surface area contributed by atoms with Crippen molar-refractivity contribution in [2.45, 2.75) is 18.4 Å². The Morgan fingerprint density at radius 3 is 2.55 bits per heavy atom. The van der Waals surface area contributed by atoms with E-state index in [1.54, 1.807) is 6.20 Å². The molecule has 6 nitrogen and oxygen atoms in total. The van der Waals surface area contributed by atoms with E-state index in [-0.39, 0.29) is 5.91 Å². The highest BCUT2D eigenvalue weighted by Gasteiger charge is 2.44. The molecule has 1 aromatic carbocycles. The molecule has 0 bridgehead atoms. The highest BCUT2D eigenvalue weighted by molar-refractivity contribution is 6.06. The molecule has 6 heteroatoms. The molecule has 0 saturated carbocycles. The van der Waals surface area contributed by atoms with Gasteiger partial charge in [-0.1, -0.05) is 12.1 Å². The van der Waals surface area contributed by atoms with Crippen LogP contribution in [-0.4, -0.2) is 34.7 Å². The number of hydrogen-bond donors (Lipinski definition) is 2. The van der Waals surface area contributed by atoms with Gasteiger partial charge in [-0.3, -0.25) is 4.79 Å². The van der Waals surface area contributed by atoms with Crippen molar-refractivity contribution in [3.05, 3.63) is 42.6 Å². The molecule has 0 aliphatic carbocycles. The van der Waals surface area contributed by atoms with Crippen LogP contribution in [0.2, 0.25) is 0 Å². The summed E-state index contributed by atoms with van der Waals surface area (Å²) < 4.78 is 0. The topological polar surface area (TPSA) is 70.2 Å². The number of piperidine rings is 1. The molecule has 0 unspecified atom stereocenters. The molecule has 1 saturated heterocycles. The molecule has 2 aromatic rings. The van der Waals surface area contributed by atoms with E-state index >= 15 is 0 Å². The second-order valence-electron chi connectivity index (χ2n) is 5.78. The third-order valence-electron chi connectivity index (χ3n) is 4.48. The van der Waals surface area contributed by atoms with Crippen LogP contribution in [0.3, 0.4) is 0 Å². The Bertz CT molecular complexity index is 695. The van der Waals surface area contributed by atoms with Crippen LogP contribution in [0.15, 0.2) is 42.6 Å². The van der Waals surface area contributed by atoms with Gasteiger partial charge in [0.2, 0.25) is 5.91 Å². The standard InChI is InChI=1S/C16H17N5O/c22-15-16(19-13-5-2-1-4-12(13)18-15)7-10-21(11-8-16)14-6-3-9-17-20-14/h1-6,9,19H,7-8,10-11H2,(H,18,22). The molecule has 1 fully saturated rings. The third kappa shape index (κ3) is 2.07. The molecular weight excluding hydrogens is 278 g/mol. The van der Waals surface area contributed by atoms with Crippen LogP contribution in [0.25, 0.3) is 0 Å². The molecule has 2 aliphatic heterocycles. The van der Waals surface area contributed by atoms with Gasteiger partial charge in [0.05, 0.1) is 11.4 Å². The van der Waals surface area contributed by atoms with Crippen molar-refractivity contribution in [2.24, 2.45) is 0 Å². The molecule has 1 aromatic heterocycles. The second-order valence-corrected chi connectivity index (χ2v) is 5.78. The van der Waals surface area contributed by atoms with Crippen LogP contribution in [-0.2, 0) is 4.79 Å². The number of carbonyl (C=O) groups is 1. The van der Waals surface area contributed by atoms with Crippen LogP contribution >= 0.6 is 0 Å². The number of amides is 1. The zero-order valence-electron chi connectivity index (χ0n) is 12.1. The summed E-state index contributed by atoms with van der Waals surface area (Å²) in [4.78, 5) is 14.7. The maximum atomic E-state index is 12.6. The first-order chi connectivity index (χ1) is 10.8. The van der Waals surface area contributed by atoms with Gasteiger partial charge in [-0.15, -0.1) is 5.10 Å². The smallest absolute Gasteiger partial charge is 0.250 e. The number of para-hydroxylation sites is 2. The summed E-state index contributed by atoms with van der Waals surface area (Å²) >= 11 is 0. The van der Waals surface area contributed by atoms with E-state index in [0.717, 1.165) is 43.1 Å². The normalized spacial score (nSPS) is 19.3. The van der Waals surface area contributed by atoms with Gasteiger partial charge >= 0.3 is 0 Å². The number of hydrogen-bond acceptors (Lipinski definition) is 5. The first-order valence-electron chi connectivity index (χ1n) is 7.48. The summed E-state index contributed by atoms with van der Waals surface area (Å²) in [6.07, 6.45) is 3.15. The summed E-state index contributed by atoms with van der Waals surface area (Å²) in [5.41, 5.74) is 1.33. The first kappa shape index (κ1) is 13.1. The SMILES string of the molecule is O=C1Nc2ccccc2NC12CCN(c1cccnn1)CC2. The van der Waals surface area contributed by atoms with Gasteiger partial charge in [-0.05, 0) is 37.1 Å². The van der Waals surface area contributed by atoms with E-state index < -0.39 is 5.54 Å². The largest absolute Gasteiger partial charge is 0.369 e. The van der Waals surface area contributed by atoms with E-state index in [1.165, 1.54) is 0 Å². The summed E-state index contributed by atoms with van der Waals surface area (Å²) in [5.74, 6) is 0.930. The third-order valence-corrected chi connectivity index (χ3v) is 4.48. The molecule has 2 N–H and O–H groups in total. The van der Waals surface area contributed by atoms with Crippen LogP contribution < -0.4 is 15.5 Å². The van der Waals surface area contributed by atoms with E-state index in [1.807, 2.05) is 36.4 Å². The van der Waals surface area contributed by atoms with Crippen molar-refractivity contribution in [3.8, 4) is 0 Å². The molecule has 22 heavy (non-hydrogen) atoms.